The van der Waals surface area contributed by atoms with Crippen molar-refractivity contribution < 1.29 is 9.53 Å². The van der Waals surface area contributed by atoms with Gasteiger partial charge in [-0.2, -0.15) is 11.8 Å². The fraction of sp³-hybridized carbons (Fsp3) is 0.643. The van der Waals surface area contributed by atoms with Crippen LogP contribution in [0.2, 0.25) is 0 Å². The molecule has 100 valence electrons. The third-order valence-corrected chi connectivity index (χ3v) is 5.07. The second-order valence-electron chi connectivity index (χ2n) is 4.89. The first-order valence-electron chi connectivity index (χ1n) is 6.45. The second-order valence-corrected chi connectivity index (χ2v) is 6.18. The van der Waals surface area contributed by atoms with Gasteiger partial charge in [0, 0.05) is 42.5 Å². The number of hydrogen-bond acceptors (Lipinski definition) is 3. The molecule has 1 aliphatic rings. The van der Waals surface area contributed by atoms with Crippen LogP contribution in [0.15, 0.2) is 6.07 Å². The SMILES string of the molecule is Cc1cc(C(=O)CSC2CCOCC2)c(C)n1C. The van der Waals surface area contributed by atoms with Crippen molar-refractivity contribution in [3.63, 3.8) is 0 Å². The number of thioether (sulfide) groups is 1. The molecule has 18 heavy (non-hydrogen) atoms. The van der Waals surface area contributed by atoms with E-state index < -0.39 is 0 Å². The average molecular weight is 267 g/mol. The monoisotopic (exact) mass is 267 g/mol. The highest BCUT2D eigenvalue weighted by molar-refractivity contribution is 8.00. The molecule has 1 aromatic heterocycles. The molecule has 2 heterocycles. The number of Topliss-reactive ketones (excluding diaryl/α,β-unsaturated/α-hetero) is 1. The van der Waals surface area contributed by atoms with Crippen LogP contribution in [0.3, 0.4) is 0 Å². The summed E-state index contributed by atoms with van der Waals surface area (Å²) in [5, 5.41) is 0.591. The Morgan fingerprint density at radius 1 is 1.44 bits per heavy atom. The molecule has 1 saturated heterocycles. The molecule has 3 nitrogen and oxygen atoms in total. The Morgan fingerprint density at radius 2 is 2.11 bits per heavy atom. The van der Waals surface area contributed by atoms with E-state index in [4.69, 9.17) is 4.74 Å². The lowest BCUT2D eigenvalue weighted by Crippen LogP contribution is -2.19. The zero-order valence-electron chi connectivity index (χ0n) is 11.4. The number of carbonyl (C=O) groups is 1. The Labute approximate surface area is 113 Å². The molecule has 0 aliphatic carbocycles. The topological polar surface area (TPSA) is 31.2 Å². The summed E-state index contributed by atoms with van der Waals surface area (Å²) in [4.78, 5) is 12.2. The molecular weight excluding hydrogens is 246 g/mol. The van der Waals surface area contributed by atoms with E-state index in [0.717, 1.165) is 43.0 Å². The molecule has 4 heteroatoms. The van der Waals surface area contributed by atoms with E-state index >= 15 is 0 Å². The van der Waals surface area contributed by atoms with Gasteiger partial charge in [-0.05, 0) is 32.8 Å². The van der Waals surface area contributed by atoms with Gasteiger partial charge in [0.1, 0.15) is 0 Å². The molecule has 0 saturated carbocycles. The van der Waals surface area contributed by atoms with Crippen LogP contribution in [0.1, 0.15) is 34.6 Å². The van der Waals surface area contributed by atoms with Gasteiger partial charge in [-0.1, -0.05) is 0 Å². The molecule has 0 spiro atoms. The molecule has 0 bridgehead atoms. The molecule has 0 aromatic carbocycles. The van der Waals surface area contributed by atoms with E-state index in [0.29, 0.717) is 11.0 Å². The number of ether oxygens (including phenoxy) is 1. The maximum Gasteiger partial charge on any atom is 0.174 e. The minimum Gasteiger partial charge on any atom is -0.381 e. The Balaban J connectivity index is 1.93. The van der Waals surface area contributed by atoms with Gasteiger partial charge >= 0.3 is 0 Å². The highest BCUT2D eigenvalue weighted by Gasteiger charge is 2.18. The predicted molar refractivity (Wildman–Crippen MR) is 75.5 cm³/mol. The second kappa shape index (κ2) is 5.93. The molecule has 0 N–H and O–H groups in total. The number of aromatic nitrogens is 1. The summed E-state index contributed by atoms with van der Waals surface area (Å²) in [6.07, 6.45) is 2.15. The van der Waals surface area contributed by atoms with Crippen LogP contribution in [0.5, 0.6) is 0 Å². The number of ketones is 1. The fourth-order valence-electron chi connectivity index (χ4n) is 2.25. The Hall–Kier alpha value is -0.740. The molecule has 1 fully saturated rings. The number of carbonyl (C=O) groups excluding carboxylic acids is 1. The van der Waals surface area contributed by atoms with Crippen molar-refractivity contribution in [2.24, 2.45) is 7.05 Å². The van der Waals surface area contributed by atoms with Crippen molar-refractivity contribution in [1.29, 1.82) is 0 Å². The van der Waals surface area contributed by atoms with Crippen molar-refractivity contribution in [3.05, 3.63) is 23.0 Å². The van der Waals surface area contributed by atoms with Crippen LogP contribution in [-0.4, -0.2) is 34.6 Å². The van der Waals surface area contributed by atoms with E-state index in [1.54, 1.807) is 11.8 Å². The molecule has 1 aromatic rings. The molecule has 1 aliphatic heterocycles. The van der Waals surface area contributed by atoms with Crippen molar-refractivity contribution in [2.45, 2.75) is 31.9 Å². The zero-order chi connectivity index (χ0) is 13.1. The first-order chi connectivity index (χ1) is 8.59. The lowest BCUT2D eigenvalue weighted by atomic mass is 10.2. The van der Waals surface area contributed by atoms with Crippen LogP contribution < -0.4 is 0 Å². The lowest BCUT2D eigenvalue weighted by Gasteiger charge is -2.21. The van der Waals surface area contributed by atoms with Crippen molar-refractivity contribution in [2.75, 3.05) is 19.0 Å². The summed E-state index contributed by atoms with van der Waals surface area (Å²) in [6.45, 7) is 5.74. The first kappa shape index (κ1) is 13.7. The summed E-state index contributed by atoms with van der Waals surface area (Å²) in [7, 11) is 2.01. The summed E-state index contributed by atoms with van der Waals surface area (Å²) >= 11 is 1.79. The number of hydrogen-bond donors (Lipinski definition) is 0. The number of rotatable bonds is 4. The zero-order valence-corrected chi connectivity index (χ0v) is 12.2. The molecular formula is C14H21NO2S. The van der Waals surface area contributed by atoms with Crippen molar-refractivity contribution in [1.82, 2.24) is 4.57 Å². The van der Waals surface area contributed by atoms with E-state index in [-0.39, 0.29) is 5.78 Å². The highest BCUT2D eigenvalue weighted by atomic mass is 32.2. The average Bonchev–Trinajstić information content (AvgIpc) is 2.65. The third-order valence-electron chi connectivity index (χ3n) is 3.69. The maximum atomic E-state index is 12.2. The van der Waals surface area contributed by atoms with E-state index in [9.17, 15) is 4.79 Å². The van der Waals surface area contributed by atoms with Gasteiger partial charge < -0.3 is 9.30 Å². The molecule has 2 rings (SSSR count). The summed E-state index contributed by atoms with van der Waals surface area (Å²) in [5.41, 5.74) is 3.10. The number of aryl methyl sites for hydroxylation is 1. The Bertz CT molecular complexity index is 433. The van der Waals surface area contributed by atoms with Crippen molar-refractivity contribution in [3.8, 4) is 0 Å². The standard InChI is InChI=1S/C14H21NO2S/c1-10-8-13(11(2)15(10)3)14(16)9-18-12-4-6-17-7-5-12/h8,12H,4-7,9H2,1-3H3. The van der Waals surface area contributed by atoms with Gasteiger partial charge in [-0.3, -0.25) is 4.79 Å². The summed E-state index contributed by atoms with van der Waals surface area (Å²) in [5.74, 6) is 0.849. The normalized spacial score (nSPS) is 17.1. The minimum absolute atomic E-state index is 0.257. The Kier molecular flexibility index (Phi) is 4.51. The van der Waals surface area contributed by atoms with E-state index in [1.165, 1.54) is 0 Å². The van der Waals surface area contributed by atoms with Crippen molar-refractivity contribution >= 4 is 17.5 Å². The largest absolute Gasteiger partial charge is 0.381 e. The van der Waals surface area contributed by atoms with Gasteiger partial charge in [0.25, 0.3) is 0 Å². The first-order valence-corrected chi connectivity index (χ1v) is 7.50. The quantitative estimate of drug-likeness (QED) is 0.786. The molecule has 0 atom stereocenters. The summed E-state index contributed by atoms with van der Waals surface area (Å²) < 4.78 is 7.40. The highest BCUT2D eigenvalue weighted by Crippen LogP contribution is 2.24. The van der Waals surface area contributed by atoms with Gasteiger partial charge in [0.2, 0.25) is 0 Å². The van der Waals surface area contributed by atoms with Crippen LogP contribution in [-0.2, 0) is 11.8 Å². The smallest absolute Gasteiger partial charge is 0.174 e. The maximum absolute atomic E-state index is 12.2. The van der Waals surface area contributed by atoms with Gasteiger partial charge in [0.15, 0.2) is 5.78 Å². The van der Waals surface area contributed by atoms with Crippen LogP contribution in [0, 0.1) is 13.8 Å². The summed E-state index contributed by atoms with van der Waals surface area (Å²) in [6, 6.07) is 2.00. The fourth-order valence-corrected chi connectivity index (χ4v) is 3.32. The molecule has 0 radical (unpaired) electrons. The van der Waals surface area contributed by atoms with Gasteiger partial charge in [0.05, 0.1) is 5.75 Å². The number of nitrogens with zero attached hydrogens (tertiary/aromatic N) is 1. The minimum atomic E-state index is 0.257. The van der Waals surface area contributed by atoms with E-state index in [1.807, 2.05) is 27.0 Å². The van der Waals surface area contributed by atoms with Gasteiger partial charge in [-0.25, -0.2) is 0 Å². The third kappa shape index (κ3) is 2.98. The van der Waals surface area contributed by atoms with Crippen LogP contribution in [0.4, 0.5) is 0 Å². The van der Waals surface area contributed by atoms with Gasteiger partial charge in [-0.15, -0.1) is 0 Å². The molecule has 0 unspecified atom stereocenters. The lowest BCUT2D eigenvalue weighted by molar-refractivity contribution is 0.0988. The van der Waals surface area contributed by atoms with E-state index in [2.05, 4.69) is 4.57 Å². The molecule has 0 amide bonds. The van der Waals surface area contributed by atoms with Crippen LogP contribution in [0.25, 0.3) is 0 Å². The Morgan fingerprint density at radius 3 is 2.67 bits per heavy atom. The predicted octanol–water partition coefficient (Wildman–Crippen LogP) is 2.74. The van der Waals surface area contributed by atoms with Crippen LogP contribution >= 0.6 is 11.8 Å².